The first-order valence-corrected chi connectivity index (χ1v) is 36.8. The molecule has 0 saturated heterocycles. The summed E-state index contributed by atoms with van der Waals surface area (Å²) in [6.45, 7) is -0.154. The summed E-state index contributed by atoms with van der Waals surface area (Å²) in [5.41, 5.74) is 35.5. The number of nitrogens with one attached hydrogen (secondary N) is 20. The Labute approximate surface area is 642 Å². The minimum atomic E-state index is -2.00. The number of H-pyrrole nitrogens is 2. The Hall–Kier alpha value is -12.1. The summed E-state index contributed by atoms with van der Waals surface area (Å²) in [6, 6.07) is -5.46. The highest BCUT2D eigenvalue weighted by atomic mass is 32.2. The number of aliphatic carboxylic acids is 1. The molecule has 610 valence electrons. The zero-order valence-electron chi connectivity index (χ0n) is 61.4. The van der Waals surface area contributed by atoms with Gasteiger partial charge in [0.15, 0.2) is 23.8 Å². The zero-order chi connectivity index (χ0) is 82.3. The number of aliphatic hydroxyl groups is 2. The quantitative estimate of drug-likeness (QED) is 0.0111. The molecule has 0 bridgehead atoms. The Morgan fingerprint density at radius 2 is 0.901 bits per heavy atom. The van der Waals surface area contributed by atoms with Crippen molar-refractivity contribution in [3.63, 3.8) is 0 Å². The highest BCUT2D eigenvalue weighted by molar-refractivity contribution is 7.98. The molecule has 36 N–H and O–H groups in total. The molecule has 44 heteroatoms. The summed E-state index contributed by atoms with van der Waals surface area (Å²) in [7, 11) is 0. The van der Waals surface area contributed by atoms with E-state index in [9.17, 15) is 78.0 Å². The Bertz CT molecular complexity index is 3810. The number of carboxylic acid groups (broad SMARTS) is 1. The summed E-state index contributed by atoms with van der Waals surface area (Å²) < 4.78 is 0. The first-order chi connectivity index (χ1) is 52.7. The molecular formula is C67H105N27O16S. The Morgan fingerprint density at radius 1 is 0.495 bits per heavy atom. The second kappa shape index (κ2) is 47.7. The van der Waals surface area contributed by atoms with Crippen LogP contribution in [0.1, 0.15) is 94.4 Å². The van der Waals surface area contributed by atoms with E-state index in [1.54, 1.807) is 24.3 Å². The second-order valence-corrected chi connectivity index (χ2v) is 26.8. The first-order valence-electron chi connectivity index (χ1n) is 35.4. The van der Waals surface area contributed by atoms with Gasteiger partial charge in [0.25, 0.3) is 0 Å². The van der Waals surface area contributed by atoms with Gasteiger partial charge in [0.2, 0.25) is 65.0 Å². The fourth-order valence-electron chi connectivity index (χ4n) is 11.0. The fourth-order valence-corrected chi connectivity index (χ4v) is 11.5. The number of imidazole rings is 1. The van der Waals surface area contributed by atoms with Gasteiger partial charge in [0, 0.05) is 75.2 Å². The Kier molecular flexibility index (Phi) is 39.2. The third-order valence-electron chi connectivity index (χ3n) is 17.0. The lowest BCUT2D eigenvalue weighted by atomic mass is 10.0. The highest BCUT2D eigenvalue weighted by Crippen LogP contribution is 2.21. The SMILES string of the molecule is CSCC[C@H](N)C(=O)N[C@@H](Cc1c[nH]cn1)C(=O)N[C@@H](CCCNC(=N)N)C(=O)N[C@@H](CCCNC(=N)N)C(=O)N[C@@H](CCC(N)=O)C(=O)N[C@@H](CCCNC(=N)N)C(=O)N[C@@H](Cc1c[nH]c2ccccc12)C(=O)N[C@H](C(=O)N[C@@H](CO)C(=O)N[C@@H](CCCNC(=N)N)C(=O)N[C@@H](Cc1ccc(O)cc1)C(=O)O)[C@@H](C)O. The topological polar surface area (TPSA) is 750 Å². The average molecular weight is 1580 g/mol. The maximum Gasteiger partial charge on any atom is 0.326 e. The van der Waals surface area contributed by atoms with Crippen molar-refractivity contribution in [2.45, 2.75) is 169 Å². The van der Waals surface area contributed by atoms with Gasteiger partial charge >= 0.3 is 5.97 Å². The third kappa shape index (κ3) is 33.5. The van der Waals surface area contributed by atoms with Crippen LogP contribution in [-0.2, 0) is 76.8 Å². The monoisotopic (exact) mass is 1580 g/mol. The van der Waals surface area contributed by atoms with Crippen molar-refractivity contribution in [1.82, 2.24) is 89.4 Å². The van der Waals surface area contributed by atoms with Gasteiger partial charge in [-0.05, 0) is 112 Å². The predicted octanol–water partition coefficient (Wildman–Crippen LogP) is -7.67. The number of hydrogen-bond acceptors (Lipinski definition) is 22. The highest BCUT2D eigenvalue weighted by Gasteiger charge is 2.38. The number of aliphatic hydroxyl groups excluding tert-OH is 2. The van der Waals surface area contributed by atoms with Crippen molar-refractivity contribution in [1.29, 1.82) is 21.6 Å². The zero-order valence-corrected chi connectivity index (χ0v) is 62.2. The number of guanidine groups is 4. The number of aromatic hydroxyl groups is 1. The number of nitrogens with zero attached hydrogens (tertiary/aromatic N) is 1. The van der Waals surface area contributed by atoms with Gasteiger partial charge in [-0.15, -0.1) is 0 Å². The summed E-state index contributed by atoms with van der Waals surface area (Å²) in [6.07, 6.45) is 1.82. The number of benzene rings is 2. The smallest absolute Gasteiger partial charge is 0.326 e. The van der Waals surface area contributed by atoms with Crippen molar-refractivity contribution in [2.75, 3.05) is 44.8 Å². The second-order valence-electron chi connectivity index (χ2n) is 25.8. The molecule has 0 aliphatic carbocycles. The number of phenols is 1. The average Bonchev–Trinajstić information content (AvgIpc) is 1.78. The molecule has 0 spiro atoms. The molecule has 2 aromatic carbocycles. The summed E-state index contributed by atoms with van der Waals surface area (Å²) in [4.78, 5) is 179. The molecule has 111 heavy (non-hydrogen) atoms. The number of nitrogens with two attached hydrogens (primary N) is 6. The van der Waals surface area contributed by atoms with Gasteiger partial charge in [-0.25, -0.2) is 9.78 Å². The van der Waals surface area contributed by atoms with E-state index in [0.29, 0.717) is 33.5 Å². The lowest BCUT2D eigenvalue weighted by Crippen LogP contribution is -2.62. The minimum absolute atomic E-state index is 0.000898. The van der Waals surface area contributed by atoms with Crippen molar-refractivity contribution in [2.24, 2.45) is 34.4 Å². The summed E-state index contributed by atoms with van der Waals surface area (Å²) >= 11 is 1.45. The van der Waals surface area contributed by atoms with Crippen LogP contribution < -0.4 is 109 Å². The molecule has 43 nitrogen and oxygen atoms in total. The van der Waals surface area contributed by atoms with E-state index in [4.69, 9.17) is 56.0 Å². The molecule has 2 aromatic heterocycles. The van der Waals surface area contributed by atoms with Gasteiger partial charge < -0.3 is 139 Å². The van der Waals surface area contributed by atoms with E-state index < -0.39 is 187 Å². The number of hydrogen-bond donors (Lipinski definition) is 30. The summed E-state index contributed by atoms with van der Waals surface area (Å²) in [5.74, 6) is -14.2. The predicted molar refractivity (Wildman–Crippen MR) is 408 cm³/mol. The molecule has 0 fully saturated rings. The fraction of sp³-hybridized carbons (Fsp3) is 0.507. The van der Waals surface area contributed by atoms with Gasteiger partial charge in [-0.3, -0.25) is 74.4 Å². The molecule has 12 atom stereocenters. The van der Waals surface area contributed by atoms with E-state index in [1.807, 2.05) is 6.26 Å². The number of rotatable bonds is 51. The number of phenolic OH excluding ortho intramolecular Hbond substituents is 1. The number of thioether (sulfide) groups is 1. The lowest BCUT2D eigenvalue weighted by molar-refractivity contribution is -0.142. The molecule has 0 unspecified atom stereocenters. The van der Waals surface area contributed by atoms with Crippen LogP contribution in [-0.4, -0.2) is 248 Å². The third-order valence-corrected chi connectivity index (χ3v) is 17.6. The number of aromatic amines is 2. The van der Waals surface area contributed by atoms with E-state index in [-0.39, 0.29) is 109 Å². The van der Waals surface area contributed by atoms with E-state index in [0.717, 1.165) is 6.92 Å². The number of primary amides is 1. The van der Waals surface area contributed by atoms with Crippen molar-refractivity contribution in [3.05, 3.63) is 84.1 Å². The number of carboxylic acids is 1. The summed E-state index contributed by atoms with van der Waals surface area (Å²) in [5, 5.41) is 108. The van der Waals surface area contributed by atoms with E-state index >= 15 is 0 Å². The van der Waals surface area contributed by atoms with Crippen LogP contribution in [0, 0.1) is 21.6 Å². The van der Waals surface area contributed by atoms with Gasteiger partial charge in [-0.1, -0.05) is 30.3 Å². The minimum Gasteiger partial charge on any atom is -0.508 e. The Balaban J connectivity index is 1.69. The van der Waals surface area contributed by atoms with Crippen molar-refractivity contribution in [3.8, 4) is 5.75 Å². The number of aromatic nitrogens is 3. The molecule has 4 aromatic rings. The molecule has 0 aliphatic heterocycles. The Morgan fingerprint density at radius 3 is 1.32 bits per heavy atom. The molecule has 2 heterocycles. The molecular weight excluding hydrogens is 1470 g/mol. The molecule has 0 saturated carbocycles. The number of carbonyl (C=O) groups excluding carboxylic acids is 11. The molecule has 4 rings (SSSR count). The van der Waals surface area contributed by atoms with Crippen LogP contribution in [0.4, 0.5) is 0 Å². The normalized spacial score (nSPS) is 14.2. The van der Waals surface area contributed by atoms with Crippen molar-refractivity contribution < 1.29 is 78.0 Å². The maximum atomic E-state index is 15.0. The maximum absolute atomic E-state index is 15.0. The van der Waals surface area contributed by atoms with Crippen LogP contribution in [0.3, 0.4) is 0 Å². The van der Waals surface area contributed by atoms with E-state index in [1.165, 1.54) is 54.7 Å². The first kappa shape index (κ1) is 91.3. The molecule has 0 radical (unpaired) electrons. The molecule has 0 aliphatic rings. The van der Waals surface area contributed by atoms with Gasteiger partial charge in [0.1, 0.15) is 66.2 Å². The van der Waals surface area contributed by atoms with E-state index in [2.05, 4.69) is 89.4 Å². The van der Waals surface area contributed by atoms with Crippen LogP contribution in [0.15, 0.2) is 67.3 Å². The standard InChI is InChI=1S/C67H105N27O16S/c1-34(96)52(62(108)93-50(32-95)61(107)88-45(14-8-25-82-67(76)77)57(103)92-49(63(109)110)27-35-15-17-38(97)18-16-35)94-60(106)47(28-36-30-83-41-10-4-3-9-39(36)41)91-56(102)44(13-7-24-81-66(74)75)86-58(104)46(19-20-51(69)98)89-55(101)42(11-5-22-79-64(70)71)85-54(100)43(12-6-23-80-65(72)73)87-59(105)48(29-37-31-78-33-84-37)90-53(99)40(68)21-26-111-2/h3-4,9-10,15-18,30-31,33-34,40,42-50,52,83,95-97H,5-8,11-14,19-29,32,68H2,1-2H3,(H2,69,98)(H,78,84)(H,85,100)(H,86,104)(H,87,105)(H,88,107)(H,89,101)(H,90,99)(H,91,102)(H,92,103)(H,93,108)(H,94,106)(H,109,110)(H4,70,71,79)(H4,72,73,80)(H4,74,75,81)(H4,76,77,82)/t34-,40+,42+,43+,44+,45+,46+,47+,48+,49+,50+,52+/m1/s1. The van der Waals surface area contributed by atoms with Gasteiger partial charge in [-0.2, -0.15) is 11.8 Å². The van der Waals surface area contributed by atoms with Crippen LogP contribution in [0.2, 0.25) is 0 Å². The largest absolute Gasteiger partial charge is 0.508 e. The van der Waals surface area contributed by atoms with Crippen LogP contribution in [0.5, 0.6) is 5.75 Å². The van der Waals surface area contributed by atoms with Crippen LogP contribution in [0.25, 0.3) is 10.9 Å². The number of para-hydroxylation sites is 1. The number of carbonyl (C=O) groups is 12. The lowest BCUT2D eigenvalue weighted by Gasteiger charge is -2.29. The number of fused-ring (bicyclic) bond motifs is 1. The number of amides is 11. The van der Waals surface area contributed by atoms with Crippen molar-refractivity contribution >= 4 is 117 Å². The molecule has 11 amide bonds. The van der Waals surface area contributed by atoms with Crippen LogP contribution >= 0.6 is 11.8 Å². The van der Waals surface area contributed by atoms with Gasteiger partial charge in [0.05, 0.1) is 30.8 Å².